The Morgan fingerprint density at radius 2 is 0.521 bits per heavy atom. The van der Waals surface area contributed by atoms with Crippen LogP contribution in [-0.2, 0) is 28.6 Å². The molecule has 0 aliphatic rings. The highest BCUT2D eigenvalue weighted by Crippen LogP contribution is 2.18. The normalized spacial score (nSPS) is 12.4. The van der Waals surface area contributed by atoms with E-state index in [2.05, 4.69) is 69.4 Å². The van der Waals surface area contributed by atoms with Gasteiger partial charge < -0.3 is 14.2 Å². The lowest BCUT2D eigenvalue weighted by molar-refractivity contribution is -0.166. The van der Waals surface area contributed by atoms with Crippen LogP contribution < -0.4 is 0 Å². The Hall–Kier alpha value is -2.89. The predicted molar refractivity (Wildman–Crippen MR) is 316 cm³/mol. The van der Waals surface area contributed by atoms with Crippen LogP contribution in [0.2, 0.25) is 0 Å². The number of rotatable bonds is 58. The van der Waals surface area contributed by atoms with Gasteiger partial charge in [0, 0.05) is 12.8 Å². The van der Waals surface area contributed by atoms with Gasteiger partial charge in [0.05, 0.1) is 6.42 Å². The summed E-state index contributed by atoms with van der Waals surface area (Å²) in [5.74, 6) is -1.05. The number of carbonyl (C=O) groups excluding carboxylic acids is 3. The van der Waals surface area contributed by atoms with Crippen molar-refractivity contribution in [1.82, 2.24) is 0 Å². The van der Waals surface area contributed by atoms with E-state index < -0.39 is 12.1 Å². The average Bonchev–Trinajstić information content (AvgIpc) is 3.39. The zero-order valence-electron chi connectivity index (χ0n) is 48.7. The van der Waals surface area contributed by atoms with Crippen LogP contribution in [0.4, 0.5) is 0 Å². The Balaban J connectivity index is 3.89. The first-order valence-corrected chi connectivity index (χ1v) is 31.8. The highest BCUT2D eigenvalue weighted by atomic mass is 16.6. The maximum atomic E-state index is 12.7. The minimum absolute atomic E-state index is 0.100. The summed E-state index contributed by atoms with van der Waals surface area (Å²) in [4.78, 5) is 37.7. The standard InChI is InChI=1S/C67H120O6/c1-4-7-10-13-15-17-19-21-23-24-25-26-27-28-29-30-31-32-33-34-35-36-37-38-39-40-41-42-44-45-47-49-51-54-57-60-66(69)72-63-64(62-71-65(68)59-56-53-12-9-6-3)73-67(70)61-58-55-52-50-48-46-43-22-20-18-16-14-11-8-5-2/h8,11,16,18,22,43,48,50,55,58,64H,4-7,9-10,12-15,17,19-21,23-42,44-47,49,51-54,56-57,59-63H2,1-3H3/b11-8-,18-16-,43-22-,50-48-,58-55-. The van der Waals surface area contributed by atoms with Crippen LogP contribution >= 0.6 is 0 Å². The molecule has 73 heavy (non-hydrogen) atoms. The summed E-state index contributed by atoms with van der Waals surface area (Å²) in [5, 5.41) is 0. The molecule has 424 valence electrons. The monoisotopic (exact) mass is 1020 g/mol. The summed E-state index contributed by atoms with van der Waals surface area (Å²) in [6, 6.07) is 0. The lowest BCUT2D eigenvalue weighted by Crippen LogP contribution is -2.30. The quantitative estimate of drug-likeness (QED) is 0.0261. The fraction of sp³-hybridized carbons (Fsp3) is 0.806. The minimum atomic E-state index is -0.823. The van der Waals surface area contributed by atoms with E-state index in [1.807, 2.05) is 6.08 Å². The van der Waals surface area contributed by atoms with Gasteiger partial charge in [-0.05, 0) is 44.9 Å². The molecule has 0 amide bonds. The fourth-order valence-electron chi connectivity index (χ4n) is 9.35. The maximum Gasteiger partial charge on any atom is 0.310 e. The summed E-state index contributed by atoms with van der Waals surface area (Å²) in [6.45, 7) is 6.38. The zero-order chi connectivity index (χ0) is 52.9. The summed E-state index contributed by atoms with van der Waals surface area (Å²) >= 11 is 0. The molecule has 0 aliphatic heterocycles. The second-order valence-electron chi connectivity index (χ2n) is 21.3. The molecule has 1 atom stereocenters. The molecule has 0 saturated carbocycles. The van der Waals surface area contributed by atoms with Gasteiger partial charge in [-0.15, -0.1) is 0 Å². The van der Waals surface area contributed by atoms with Crippen molar-refractivity contribution in [1.29, 1.82) is 0 Å². The molecule has 0 saturated heterocycles. The van der Waals surface area contributed by atoms with Crippen molar-refractivity contribution in [3.8, 4) is 0 Å². The van der Waals surface area contributed by atoms with Gasteiger partial charge in [0.1, 0.15) is 13.2 Å². The molecule has 0 fully saturated rings. The van der Waals surface area contributed by atoms with Crippen molar-refractivity contribution in [3.05, 3.63) is 60.8 Å². The first kappa shape index (κ1) is 70.1. The number of unbranched alkanes of at least 4 members (excludes halogenated alkanes) is 38. The molecule has 0 spiro atoms. The van der Waals surface area contributed by atoms with E-state index in [4.69, 9.17) is 14.2 Å². The zero-order valence-corrected chi connectivity index (χ0v) is 48.7. The van der Waals surface area contributed by atoms with Gasteiger partial charge in [-0.2, -0.15) is 0 Å². The van der Waals surface area contributed by atoms with Crippen LogP contribution in [0.15, 0.2) is 60.8 Å². The molecule has 0 aliphatic carbocycles. The van der Waals surface area contributed by atoms with Crippen LogP contribution in [0.1, 0.15) is 329 Å². The van der Waals surface area contributed by atoms with Crippen molar-refractivity contribution in [2.24, 2.45) is 0 Å². The molecule has 1 unspecified atom stereocenters. The third-order valence-electron chi connectivity index (χ3n) is 14.1. The molecule has 0 radical (unpaired) electrons. The van der Waals surface area contributed by atoms with Crippen LogP contribution in [0.25, 0.3) is 0 Å². The van der Waals surface area contributed by atoms with Crippen LogP contribution in [0, 0.1) is 0 Å². The second kappa shape index (κ2) is 61.7. The highest BCUT2D eigenvalue weighted by Gasteiger charge is 2.19. The number of ether oxygens (including phenoxy) is 3. The van der Waals surface area contributed by atoms with Gasteiger partial charge in [0.2, 0.25) is 0 Å². The van der Waals surface area contributed by atoms with Gasteiger partial charge in [0.25, 0.3) is 0 Å². The lowest BCUT2D eigenvalue weighted by Gasteiger charge is -2.18. The topological polar surface area (TPSA) is 78.9 Å². The van der Waals surface area contributed by atoms with E-state index in [-0.39, 0.29) is 31.6 Å². The number of esters is 3. The van der Waals surface area contributed by atoms with Crippen LogP contribution in [0.3, 0.4) is 0 Å². The first-order chi connectivity index (χ1) is 36.0. The second-order valence-corrected chi connectivity index (χ2v) is 21.3. The average molecular weight is 1020 g/mol. The molecule has 0 rings (SSSR count). The number of carbonyl (C=O) groups is 3. The number of allylic oxidation sites excluding steroid dienone is 9. The van der Waals surface area contributed by atoms with E-state index in [0.717, 1.165) is 83.5 Å². The number of hydrogen-bond donors (Lipinski definition) is 0. The first-order valence-electron chi connectivity index (χ1n) is 31.8. The Morgan fingerprint density at radius 1 is 0.288 bits per heavy atom. The summed E-state index contributed by atoms with van der Waals surface area (Å²) in [5.41, 5.74) is 0. The van der Waals surface area contributed by atoms with E-state index in [0.29, 0.717) is 12.8 Å². The molecule has 0 bridgehead atoms. The van der Waals surface area contributed by atoms with Gasteiger partial charge in [-0.1, -0.05) is 326 Å². The Morgan fingerprint density at radius 3 is 0.781 bits per heavy atom. The van der Waals surface area contributed by atoms with E-state index in [1.54, 1.807) is 6.08 Å². The summed E-state index contributed by atoms with van der Waals surface area (Å²) < 4.78 is 16.6. The largest absolute Gasteiger partial charge is 0.462 e. The SMILES string of the molecule is CC/C=C\C/C=C\C/C=C\C/C=C\C/C=C\CC(=O)OC(COC(=O)CCCCCCC)COC(=O)CCCCCCCCCCCCCCCCCCCCCCCCCCCCCCCCCCCCC. The summed E-state index contributed by atoms with van der Waals surface area (Å²) in [6.07, 6.45) is 79.2. The molecule has 0 aromatic heterocycles. The molecule has 0 aromatic carbocycles. The Labute approximate surface area is 453 Å². The van der Waals surface area contributed by atoms with Gasteiger partial charge >= 0.3 is 17.9 Å². The van der Waals surface area contributed by atoms with Gasteiger partial charge in [-0.25, -0.2) is 0 Å². The molecular formula is C67H120O6. The van der Waals surface area contributed by atoms with Crippen LogP contribution in [0.5, 0.6) is 0 Å². The molecule has 6 nitrogen and oxygen atoms in total. The van der Waals surface area contributed by atoms with E-state index >= 15 is 0 Å². The third-order valence-corrected chi connectivity index (χ3v) is 14.1. The van der Waals surface area contributed by atoms with Gasteiger partial charge in [-0.3, -0.25) is 14.4 Å². The molecule has 0 heterocycles. The number of hydrogen-bond acceptors (Lipinski definition) is 6. The van der Waals surface area contributed by atoms with E-state index in [1.165, 1.54) is 205 Å². The van der Waals surface area contributed by atoms with Crippen molar-refractivity contribution in [2.45, 2.75) is 335 Å². The van der Waals surface area contributed by atoms with Crippen LogP contribution in [-0.4, -0.2) is 37.2 Å². The maximum absolute atomic E-state index is 12.7. The fourth-order valence-corrected chi connectivity index (χ4v) is 9.35. The Bertz CT molecular complexity index is 1310. The van der Waals surface area contributed by atoms with Crippen molar-refractivity contribution >= 4 is 17.9 Å². The minimum Gasteiger partial charge on any atom is -0.462 e. The smallest absolute Gasteiger partial charge is 0.310 e. The van der Waals surface area contributed by atoms with Crippen molar-refractivity contribution < 1.29 is 28.6 Å². The van der Waals surface area contributed by atoms with Crippen molar-refractivity contribution in [2.75, 3.05) is 13.2 Å². The summed E-state index contributed by atoms with van der Waals surface area (Å²) in [7, 11) is 0. The van der Waals surface area contributed by atoms with Crippen molar-refractivity contribution in [3.63, 3.8) is 0 Å². The van der Waals surface area contributed by atoms with Gasteiger partial charge in [0.15, 0.2) is 6.10 Å². The predicted octanol–water partition coefficient (Wildman–Crippen LogP) is 21.6. The molecule has 0 aromatic rings. The molecule has 0 N–H and O–H groups in total. The highest BCUT2D eigenvalue weighted by molar-refractivity contribution is 5.72. The Kier molecular flexibility index (Phi) is 59.2. The molecule has 6 heteroatoms. The third kappa shape index (κ3) is 59.9. The van der Waals surface area contributed by atoms with E-state index in [9.17, 15) is 14.4 Å². The molecular weight excluding hydrogens is 901 g/mol. The lowest BCUT2D eigenvalue weighted by atomic mass is 10.0.